The van der Waals surface area contributed by atoms with Crippen LogP contribution in [-0.4, -0.2) is 39.5 Å². The van der Waals surface area contributed by atoms with E-state index in [4.69, 9.17) is 5.11 Å². The zero-order chi connectivity index (χ0) is 10.6. The molecule has 0 bridgehead atoms. The molecular formula is C8H12N2O4. The molecule has 0 aromatic carbocycles. The average molecular weight is 200 g/mol. The van der Waals surface area contributed by atoms with Crippen LogP contribution in [0.4, 0.5) is 0 Å². The number of aryl methyl sites for hydroxylation is 1. The van der Waals surface area contributed by atoms with Gasteiger partial charge in [-0.05, 0) is 6.42 Å². The molecule has 0 spiro atoms. The van der Waals surface area contributed by atoms with Gasteiger partial charge in [0, 0.05) is 13.2 Å². The Bertz CT molecular complexity index is 321. The average Bonchev–Trinajstić information content (AvgIpc) is 2.56. The number of imidazole rings is 1. The van der Waals surface area contributed by atoms with E-state index in [9.17, 15) is 9.90 Å². The van der Waals surface area contributed by atoms with Crippen LogP contribution >= 0.6 is 0 Å². The number of aromatic hydroxyl groups is 1. The molecule has 0 fully saturated rings. The number of aliphatic hydroxyl groups excluding tert-OH is 1. The Morgan fingerprint density at radius 1 is 1.71 bits per heavy atom. The third-order valence-electron chi connectivity index (χ3n) is 1.75. The van der Waals surface area contributed by atoms with Gasteiger partial charge in [-0.2, -0.15) is 0 Å². The molecule has 1 aromatic heterocycles. The Balaban J connectivity index is 2.80. The minimum absolute atomic E-state index is 0.0190. The minimum atomic E-state index is -0.676. The Morgan fingerprint density at radius 3 is 3.00 bits per heavy atom. The Kier molecular flexibility index (Phi) is 3.47. The fraction of sp³-hybridized carbons (Fsp3) is 0.500. The quantitative estimate of drug-likeness (QED) is 0.655. The van der Waals surface area contributed by atoms with E-state index in [1.807, 2.05) is 0 Å². The standard InChI is InChI=1S/C8H12N2O4/c1-14-8(13)6-7(12)10(5-9-6)3-2-4-11/h5,11-12H,2-4H2,1H3. The van der Waals surface area contributed by atoms with Crippen molar-refractivity contribution < 1.29 is 19.7 Å². The fourth-order valence-corrected chi connectivity index (χ4v) is 1.02. The molecule has 0 aliphatic carbocycles. The number of carbonyl (C=O) groups excluding carboxylic acids is 1. The molecule has 0 unspecified atom stereocenters. The number of nitrogens with zero attached hydrogens (tertiary/aromatic N) is 2. The van der Waals surface area contributed by atoms with E-state index in [0.717, 1.165) is 0 Å². The van der Waals surface area contributed by atoms with Crippen LogP contribution in [-0.2, 0) is 11.3 Å². The second kappa shape index (κ2) is 4.61. The molecule has 6 heteroatoms. The molecule has 14 heavy (non-hydrogen) atoms. The van der Waals surface area contributed by atoms with E-state index in [-0.39, 0.29) is 18.2 Å². The van der Waals surface area contributed by atoms with Crippen LogP contribution in [0.3, 0.4) is 0 Å². The summed E-state index contributed by atoms with van der Waals surface area (Å²) >= 11 is 0. The molecular weight excluding hydrogens is 188 g/mol. The Labute approximate surface area is 80.8 Å². The van der Waals surface area contributed by atoms with E-state index in [2.05, 4.69) is 9.72 Å². The van der Waals surface area contributed by atoms with Crippen LogP contribution in [0.2, 0.25) is 0 Å². The number of hydrogen-bond donors (Lipinski definition) is 2. The van der Waals surface area contributed by atoms with Gasteiger partial charge in [0.2, 0.25) is 11.6 Å². The number of carbonyl (C=O) groups is 1. The first-order valence-corrected chi connectivity index (χ1v) is 4.14. The highest BCUT2D eigenvalue weighted by Gasteiger charge is 2.17. The summed E-state index contributed by atoms with van der Waals surface area (Å²) in [6.07, 6.45) is 1.82. The zero-order valence-corrected chi connectivity index (χ0v) is 7.80. The topological polar surface area (TPSA) is 84.6 Å². The molecule has 0 saturated carbocycles. The molecule has 0 amide bonds. The summed E-state index contributed by atoms with van der Waals surface area (Å²) < 4.78 is 5.79. The van der Waals surface area contributed by atoms with E-state index in [1.54, 1.807) is 0 Å². The highest BCUT2D eigenvalue weighted by molar-refractivity contribution is 5.89. The maximum atomic E-state index is 11.0. The largest absolute Gasteiger partial charge is 0.493 e. The van der Waals surface area contributed by atoms with Crippen LogP contribution in [0, 0.1) is 0 Å². The van der Waals surface area contributed by atoms with Gasteiger partial charge in [-0.25, -0.2) is 9.78 Å². The lowest BCUT2D eigenvalue weighted by atomic mass is 10.4. The summed E-state index contributed by atoms with van der Waals surface area (Å²) in [6, 6.07) is 0. The van der Waals surface area contributed by atoms with Gasteiger partial charge < -0.3 is 19.5 Å². The summed E-state index contributed by atoms with van der Waals surface area (Å²) in [5.74, 6) is -0.907. The van der Waals surface area contributed by atoms with Crippen molar-refractivity contribution in [1.29, 1.82) is 0 Å². The lowest BCUT2D eigenvalue weighted by molar-refractivity contribution is 0.0590. The zero-order valence-electron chi connectivity index (χ0n) is 7.80. The van der Waals surface area contributed by atoms with Gasteiger partial charge in [0.1, 0.15) is 0 Å². The third-order valence-corrected chi connectivity index (χ3v) is 1.75. The van der Waals surface area contributed by atoms with Crippen molar-refractivity contribution in [2.75, 3.05) is 13.7 Å². The number of rotatable bonds is 4. The van der Waals surface area contributed by atoms with Crippen molar-refractivity contribution in [1.82, 2.24) is 9.55 Å². The molecule has 78 valence electrons. The highest BCUT2D eigenvalue weighted by Crippen LogP contribution is 2.16. The smallest absolute Gasteiger partial charge is 0.362 e. The van der Waals surface area contributed by atoms with E-state index in [0.29, 0.717) is 13.0 Å². The van der Waals surface area contributed by atoms with Crippen molar-refractivity contribution in [2.45, 2.75) is 13.0 Å². The van der Waals surface area contributed by atoms with Crippen LogP contribution in [0.15, 0.2) is 6.33 Å². The normalized spacial score (nSPS) is 10.1. The van der Waals surface area contributed by atoms with Crippen molar-refractivity contribution in [3.05, 3.63) is 12.0 Å². The number of ether oxygens (including phenoxy) is 1. The van der Waals surface area contributed by atoms with Gasteiger partial charge in [0.05, 0.1) is 13.4 Å². The van der Waals surface area contributed by atoms with Gasteiger partial charge in [0.15, 0.2) is 0 Å². The fourth-order valence-electron chi connectivity index (χ4n) is 1.02. The van der Waals surface area contributed by atoms with E-state index >= 15 is 0 Å². The van der Waals surface area contributed by atoms with Gasteiger partial charge >= 0.3 is 5.97 Å². The summed E-state index contributed by atoms with van der Waals surface area (Å²) in [7, 11) is 1.22. The number of methoxy groups -OCH3 is 1. The monoisotopic (exact) mass is 200 g/mol. The molecule has 0 saturated heterocycles. The second-order valence-corrected chi connectivity index (χ2v) is 2.68. The second-order valence-electron chi connectivity index (χ2n) is 2.68. The van der Waals surface area contributed by atoms with Crippen molar-refractivity contribution >= 4 is 5.97 Å². The number of esters is 1. The highest BCUT2D eigenvalue weighted by atomic mass is 16.5. The number of aliphatic hydroxyl groups is 1. The third kappa shape index (κ3) is 2.02. The van der Waals surface area contributed by atoms with Crippen molar-refractivity contribution in [3.63, 3.8) is 0 Å². The summed E-state index contributed by atoms with van der Waals surface area (Å²) in [6.45, 7) is 0.428. The first-order valence-electron chi connectivity index (χ1n) is 4.14. The Morgan fingerprint density at radius 2 is 2.43 bits per heavy atom. The van der Waals surface area contributed by atoms with Crippen LogP contribution in [0.1, 0.15) is 16.9 Å². The van der Waals surface area contributed by atoms with E-state index < -0.39 is 5.97 Å². The molecule has 1 rings (SSSR count). The van der Waals surface area contributed by atoms with Gasteiger partial charge in [-0.1, -0.05) is 0 Å². The molecule has 0 radical (unpaired) electrons. The molecule has 2 N–H and O–H groups in total. The van der Waals surface area contributed by atoms with Crippen LogP contribution < -0.4 is 0 Å². The Hall–Kier alpha value is -1.56. The molecule has 0 aliphatic rings. The first-order chi connectivity index (χ1) is 6.70. The predicted octanol–water partition coefficient (Wildman–Crippen LogP) is -0.242. The van der Waals surface area contributed by atoms with Gasteiger partial charge in [0.25, 0.3) is 0 Å². The van der Waals surface area contributed by atoms with E-state index in [1.165, 1.54) is 18.0 Å². The molecule has 0 atom stereocenters. The summed E-state index contributed by atoms with van der Waals surface area (Å²) in [4.78, 5) is 14.7. The molecule has 6 nitrogen and oxygen atoms in total. The first kappa shape index (κ1) is 10.5. The lowest BCUT2D eigenvalue weighted by Gasteiger charge is -2.01. The van der Waals surface area contributed by atoms with Crippen LogP contribution in [0.25, 0.3) is 0 Å². The summed E-state index contributed by atoms with van der Waals surface area (Å²) in [5.41, 5.74) is -0.106. The van der Waals surface area contributed by atoms with Crippen molar-refractivity contribution in [2.24, 2.45) is 0 Å². The van der Waals surface area contributed by atoms with Gasteiger partial charge in [-0.3, -0.25) is 0 Å². The summed E-state index contributed by atoms with van der Waals surface area (Å²) in [5, 5.41) is 18.0. The van der Waals surface area contributed by atoms with Crippen LogP contribution in [0.5, 0.6) is 5.88 Å². The lowest BCUT2D eigenvalue weighted by Crippen LogP contribution is -2.03. The van der Waals surface area contributed by atoms with Gasteiger partial charge in [-0.15, -0.1) is 0 Å². The molecule has 1 heterocycles. The maximum absolute atomic E-state index is 11.0. The molecule has 0 aliphatic heterocycles. The van der Waals surface area contributed by atoms with Crippen molar-refractivity contribution in [3.8, 4) is 5.88 Å². The minimum Gasteiger partial charge on any atom is -0.493 e. The SMILES string of the molecule is COC(=O)c1ncn(CCCO)c1O. The number of aromatic nitrogens is 2. The number of hydrogen-bond acceptors (Lipinski definition) is 5. The molecule has 1 aromatic rings. The predicted molar refractivity (Wildman–Crippen MR) is 46.9 cm³/mol. The maximum Gasteiger partial charge on any atom is 0.362 e.